The number of ether oxygens (including phenoxy) is 2. The first-order chi connectivity index (χ1) is 8.72. The summed E-state index contributed by atoms with van der Waals surface area (Å²) in [7, 11) is 1.81. The Morgan fingerprint density at radius 3 is 3.06 bits per heavy atom. The average Bonchev–Trinajstić information content (AvgIpc) is 2.88. The third-order valence-corrected chi connectivity index (χ3v) is 3.38. The third kappa shape index (κ3) is 3.00. The van der Waals surface area contributed by atoms with Crippen LogP contribution in [0.15, 0.2) is 18.2 Å². The van der Waals surface area contributed by atoms with Gasteiger partial charge in [0.15, 0.2) is 0 Å². The first-order valence-electron chi connectivity index (χ1n) is 6.38. The van der Waals surface area contributed by atoms with Gasteiger partial charge in [-0.3, -0.25) is 0 Å². The maximum absolute atomic E-state index is 13.8. The highest BCUT2D eigenvalue weighted by Crippen LogP contribution is 2.28. The van der Waals surface area contributed by atoms with Crippen LogP contribution in [0.2, 0.25) is 0 Å². The molecule has 18 heavy (non-hydrogen) atoms. The van der Waals surface area contributed by atoms with E-state index in [0.29, 0.717) is 23.8 Å². The molecule has 0 spiro atoms. The van der Waals surface area contributed by atoms with Crippen LogP contribution in [0.25, 0.3) is 0 Å². The minimum absolute atomic E-state index is 0.0685. The minimum atomic E-state index is -0.225. The molecule has 2 rings (SSSR count). The normalized spacial score (nSPS) is 20.9. The van der Waals surface area contributed by atoms with Crippen molar-refractivity contribution in [2.45, 2.75) is 19.4 Å². The molecular formula is C14H20FNO2. The summed E-state index contributed by atoms with van der Waals surface area (Å²) < 4.78 is 24.9. The van der Waals surface area contributed by atoms with Crippen LogP contribution in [-0.4, -0.2) is 26.9 Å². The molecular weight excluding hydrogens is 233 g/mol. The standard InChI is InChI=1S/C14H20FNO2/c1-10(16-2)14-12(15)4-3-5-13(14)18-9-11-6-7-17-8-11/h3-5,10-11,16H,6-9H2,1-2H3. The molecule has 3 nitrogen and oxygen atoms in total. The van der Waals surface area contributed by atoms with Crippen LogP contribution in [0, 0.1) is 11.7 Å². The smallest absolute Gasteiger partial charge is 0.131 e. The highest BCUT2D eigenvalue weighted by molar-refractivity contribution is 5.37. The lowest BCUT2D eigenvalue weighted by atomic mass is 10.1. The minimum Gasteiger partial charge on any atom is -0.493 e. The third-order valence-electron chi connectivity index (χ3n) is 3.38. The van der Waals surface area contributed by atoms with E-state index in [1.165, 1.54) is 6.07 Å². The zero-order chi connectivity index (χ0) is 13.0. The lowest BCUT2D eigenvalue weighted by Gasteiger charge is -2.18. The summed E-state index contributed by atoms with van der Waals surface area (Å²) in [5.74, 6) is 0.826. The maximum atomic E-state index is 13.8. The molecule has 1 saturated heterocycles. The Morgan fingerprint density at radius 1 is 1.56 bits per heavy atom. The molecule has 2 unspecified atom stereocenters. The van der Waals surface area contributed by atoms with Crippen LogP contribution >= 0.6 is 0 Å². The second kappa shape index (κ2) is 6.16. The molecule has 0 amide bonds. The van der Waals surface area contributed by atoms with Gasteiger partial charge in [-0.25, -0.2) is 4.39 Å². The van der Waals surface area contributed by atoms with E-state index in [1.807, 2.05) is 20.0 Å². The van der Waals surface area contributed by atoms with Crippen LogP contribution in [0.1, 0.15) is 24.9 Å². The molecule has 1 aliphatic rings. The van der Waals surface area contributed by atoms with Crippen LogP contribution in [0.3, 0.4) is 0 Å². The van der Waals surface area contributed by atoms with Gasteiger partial charge in [-0.1, -0.05) is 6.07 Å². The number of benzene rings is 1. The maximum Gasteiger partial charge on any atom is 0.131 e. The van der Waals surface area contributed by atoms with Crippen molar-refractivity contribution in [2.24, 2.45) is 5.92 Å². The van der Waals surface area contributed by atoms with Gasteiger partial charge in [-0.2, -0.15) is 0 Å². The van der Waals surface area contributed by atoms with Crippen molar-refractivity contribution in [3.63, 3.8) is 0 Å². The molecule has 1 aromatic rings. The quantitative estimate of drug-likeness (QED) is 0.874. The molecule has 100 valence electrons. The Labute approximate surface area is 107 Å². The van der Waals surface area contributed by atoms with Crippen molar-refractivity contribution in [2.75, 3.05) is 26.9 Å². The average molecular weight is 253 g/mol. The predicted molar refractivity (Wildman–Crippen MR) is 68.3 cm³/mol. The summed E-state index contributed by atoms with van der Waals surface area (Å²) in [5, 5.41) is 3.05. The molecule has 0 saturated carbocycles. The molecule has 0 bridgehead atoms. The SMILES string of the molecule is CNC(C)c1c(F)cccc1OCC1CCOC1. The zero-order valence-corrected chi connectivity index (χ0v) is 10.9. The van der Waals surface area contributed by atoms with Gasteiger partial charge in [-0.05, 0) is 32.5 Å². The van der Waals surface area contributed by atoms with Crippen LogP contribution in [0.5, 0.6) is 5.75 Å². The van der Waals surface area contributed by atoms with Crippen molar-refractivity contribution in [3.05, 3.63) is 29.6 Å². The Balaban J connectivity index is 2.08. The first-order valence-corrected chi connectivity index (χ1v) is 6.38. The highest BCUT2D eigenvalue weighted by Gasteiger charge is 2.19. The first kappa shape index (κ1) is 13.3. The number of hydrogen-bond donors (Lipinski definition) is 1. The molecule has 0 aliphatic carbocycles. The van der Waals surface area contributed by atoms with E-state index in [0.717, 1.165) is 19.6 Å². The molecule has 4 heteroatoms. The summed E-state index contributed by atoms with van der Waals surface area (Å²) in [5.41, 5.74) is 0.596. The van der Waals surface area contributed by atoms with E-state index in [1.54, 1.807) is 6.07 Å². The summed E-state index contributed by atoms with van der Waals surface area (Å²) in [6, 6.07) is 4.90. The second-order valence-corrected chi connectivity index (χ2v) is 4.70. The van der Waals surface area contributed by atoms with Crippen molar-refractivity contribution in [1.29, 1.82) is 0 Å². The fourth-order valence-electron chi connectivity index (χ4n) is 2.13. The molecule has 1 aliphatic heterocycles. The molecule has 1 N–H and O–H groups in total. The van der Waals surface area contributed by atoms with Gasteiger partial charge >= 0.3 is 0 Å². The van der Waals surface area contributed by atoms with E-state index in [-0.39, 0.29) is 11.9 Å². The number of halogens is 1. The summed E-state index contributed by atoms with van der Waals surface area (Å²) in [6.07, 6.45) is 1.02. The van der Waals surface area contributed by atoms with Gasteiger partial charge in [0.25, 0.3) is 0 Å². The van der Waals surface area contributed by atoms with Crippen LogP contribution in [0.4, 0.5) is 4.39 Å². The van der Waals surface area contributed by atoms with Gasteiger partial charge in [0, 0.05) is 24.1 Å². The number of rotatable bonds is 5. The van der Waals surface area contributed by atoms with Gasteiger partial charge in [0.1, 0.15) is 11.6 Å². The Hall–Kier alpha value is -1.13. The zero-order valence-electron chi connectivity index (χ0n) is 10.9. The summed E-state index contributed by atoms with van der Waals surface area (Å²) in [6.45, 7) is 4.06. The summed E-state index contributed by atoms with van der Waals surface area (Å²) in [4.78, 5) is 0. The van der Waals surface area contributed by atoms with E-state index >= 15 is 0 Å². The highest BCUT2D eigenvalue weighted by atomic mass is 19.1. The Kier molecular flexibility index (Phi) is 4.55. The van der Waals surface area contributed by atoms with Gasteiger partial charge in [0.2, 0.25) is 0 Å². The molecule has 1 heterocycles. The van der Waals surface area contributed by atoms with Crippen molar-refractivity contribution in [1.82, 2.24) is 5.32 Å². The van der Waals surface area contributed by atoms with Crippen LogP contribution < -0.4 is 10.1 Å². The lowest BCUT2D eigenvalue weighted by molar-refractivity contribution is 0.166. The fourth-order valence-corrected chi connectivity index (χ4v) is 2.13. The van der Waals surface area contributed by atoms with E-state index in [2.05, 4.69) is 5.32 Å². The second-order valence-electron chi connectivity index (χ2n) is 4.70. The van der Waals surface area contributed by atoms with E-state index in [9.17, 15) is 4.39 Å². The van der Waals surface area contributed by atoms with Crippen molar-refractivity contribution in [3.8, 4) is 5.75 Å². The predicted octanol–water partition coefficient (Wildman–Crippen LogP) is 2.52. The van der Waals surface area contributed by atoms with E-state index in [4.69, 9.17) is 9.47 Å². The topological polar surface area (TPSA) is 30.5 Å². The lowest BCUT2D eigenvalue weighted by Crippen LogP contribution is -2.17. The van der Waals surface area contributed by atoms with Crippen molar-refractivity contribution < 1.29 is 13.9 Å². The number of nitrogens with one attached hydrogen (secondary N) is 1. The monoisotopic (exact) mass is 253 g/mol. The summed E-state index contributed by atoms with van der Waals surface area (Å²) >= 11 is 0. The number of hydrogen-bond acceptors (Lipinski definition) is 3. The largest absolute Gasteiger partial charge is 0.493 e. The fraction of sp³-hybridized carbons (Fsp3) is 0.571. The van der Waals surface area contributed by atoms with E-state index < -0.39 is 0 Å². The molecule has 1 fully saturated rings. The van der Waals surface area contributed by atoms with Gasteiger partial charge in [0.05, 0.1) is 13.2 Å². The molecule has 2 atom stereocenters. The Bertz CT molecular complexity index is 391. The van der Waals surface area contributed by atoms with Gasteiger partial charge in [-0.15, -0.1) is 0 Å². The van der Waals surface area contributed by atoms with Crippen molar-refractivity contribution >= 4 is 0 Å². The van der Waals surface area contributed by atoms with Gasteiger partial charge < -0.3 is 14.8 Å². The Morgan fingerprint density at radius 2 is 2.39 bits per heavy atom. The molecule has 1 aromatic carbocycles. The molecule has 0 aromatic heterocycles. The molecule has 0 radical (unpaired) electrons. The van der Waals surface area contributed by atoms with Crippen LogP contribution in [-0.2, 0) is 4.74 Å².